The molecular weight excluding hydrogens is 426 g/mol. The molecule has 29 heavy (non-hydrogen) atoms. The lowest BCUT2D eigenvalue weighted by Crippen LogP contribution is -2.13. The van der Waals surface area contributed by atoms with Crippen LogP contribution in [0.5, 0.6) is 0 Å². The normalized spacial score (nSPS) is 16.1. The van der Waals surface area contributed by atoms with Crippen LogP contribution in [0.4, 0.5) is 5.13 Å². The fourth-order valence-electron chi connectivity index (χ4n) is 3.57. The van der Waals surface area contributed by atoms with E-state index in [0.717, 1.165) is 34.5 Å². The van der Waals surface area contributed by atoms with Gasteiger partial charge in [-0.25, -0.2) is 4.98 Å². The first-order valence-corrected chi connectivity index (χ1v) is 12.7. The average molecular weight is 448 g/mol. The summed E-state index contributed by atoms with van der Waals surface area (Å²) in [7, 11) is 0. The molecule has 3 aromatic rings. The summed E-state index contributed by atoms with van der Waals surface area (Å²) in [4.78, 5) is 34.5. The topological polar surface area (TPSA) is 101 Å². The first-order chi connectivity index (χ1) is 14.2. The van der Waals surface area contributed by atoms with E-state index in [2.05, 4.69) is 25.5 Å². The number of thiophene rings is 1. The number of aryl methyl sites for hydroxylation is 2. The molecule has 0 aromatic carbocycles. The lowest BCUT2D eigenvalue weighted by Gasteiger charge is -2.09. The number of hydrogen-bond donors (Lipinski definition) is 2. The van der Waals surface area contributed by atoms with Crippen LogP contribution in [0.25, 0.3) is 10.2 Å². The van der Waals surface area contributed by atoms with Crippen LogP contribution in [0, 0.1) is 0 Å². The average Bonchev–Trinajstić information content (AvgIpc) is 3.33. The lowest BCUT2D eigenvalue weighted by atomic mass is 9.97. The number of carbonyl (C=O) groups is 1. The summed E-state index contributed by atoms with van der Waals surface area (Å²) < 4.78 is 0. The maximum absolute atomic E-state index is 12.6. The summed E-state index contributed by atoms with van der Waals surface area (Å²) in [5.41, 5.74) is 1.19. The molecule has 10 heteroatoms. The van der Waals surface area contributed by atoms with Gasteiger partial charge >= 0.3 is 0 Å². The molecule has 2 aliphatic carbocycles. The Kier molecular flexibility index (Phi) is 5.40. The van der Waals surface area contributed by atoms with Crippen LogP contribution in [-0.4, -0.2) is 31.8 Å². The maximum atomic E-state index is 12.6. The van der Waals surface area contributed by atoms with Gasteiger partial charge in [0.1, 0.15) is 15.7 Å². The first-order valence-electron chi connectivity index (χ1n) is 9.92. The van der Waals surface area contributed by atoms with E-state index in [9.17, 15) is 9.59 Å². The molecule has 5 rings (SSSR count). The van der Waals surface area contributed by atoms with Crippen LogP contribution in [0.15, 0.2) is 4.79 Å². The molecule has 0 atom stereocenters. The van der Waals surface area contributed by atoms with Crippen molar-refractivity contribution in [2.75, 3.05) is 11.1 Å². The monoisotopic (exact) mass is 447 g/mol. The number of amides is 1. The van der Waals surface area contributed by atoms with E-state index in [1.54, 1.807) is 23.1 Å². The second-order valence-corrected chi connectivity index (χ2v) is 10.7. The van der Waals surface area contributed by atoms with Crippen LogP contribution in [0.3, 0.4) is 0 Å². The van der Waals surface area contributed by atoms with Gasteiger partial charge in [0.05, 0.1) is 11.1 Å². The standard InChI is InChI=1S/C19H21N5O2S3/c25-14(22-19-24-23-17(29-19)10-5-6-10)7-8-27-9-13-20-16(26)15-11-3-1-2-4-12(11)28-18(15)21-13/h10H,1-9H2,(H,20,21,26)(H,22,24,25). The summed E-state index contributed by atoms with van der Waals surface area (Å²) in [5.74, 6) is 2.42. The molecular formula is C19H21N5O2S3. The fraction of sp³-hybridized carbons (Fsp3) is 0.526. The Balaban J connectivity index is 1.14. The van der Waals surface area contributed by atoms with Crippen molar-refractivity contribution in [3.05, 3.63) is 31.6 Å². The van der Waals surface area contributed by atoms with E-state index < -0.39 is 0 Å². The number of hydrogen-bond acceptors (Lipinski definition) is 8. The summed E-state index contributed by atoms with van der Waals surface area (Å²) in [6, 6.07) is 0. The van der Waals surface area contributed by atoms with Crippen molar-refractivity contribution in [2.24, 2.45) is 0 Å². The van der Waals surface area contributed by atoms with Crippen molar-refractivity contribution < 1.29 is 4.79 Å². The van der Waals surface area contributed by atoms with Gasteiger partial charge in [0.2, 0.25) is 11.0 Å². The molecule has 1 amide bonds. The Hall–Kier alpha value is -1.78. The number of anilines is 1. The van der Waals surface area contributed by atoms with Gasteiger partial charge in [-0.2, -0.15) is 11.8 Å². The number of thioether (sulfide) groups is 1. The van der Waals surface area contributed by atoms with E-state index in [0.29, 0.717) is 34.8 Å². The largest absolute Gasteiger partial charge is 0.309 e. The SMILES string of the molecule is O=C(CCSCc1nc2sc3c(c2c(=O)[nH]1)CCCC3)Nc1nnc(C2CC2)s1. The zero-order chi connectivity index (χ0) is 19.8. The highest BCUT2D eigenvalue weighted by atomic mass is 32.2. The van der Waals surface area contributed by atoms with Crippen LogP contribution in [0.2, 0.25) is 0 Å². The lowest BCUT2D eigenvalue weighted by molar-refractivity contribution is -0.115. The van der Waals surface area contributed by atoms with Gasteiger partial charge < -0.3 is 10.3 Å². The van der Waals surface area contributed by atoms with Gasteiger partial charge in [-0.3, -0.25) is 9.59 Å². The molecule has 0 spiro atoms. The van der Waals surface area contributed by atoms with Gasteiger partial charge in [-0.05, 0) is 44.1 Å². The first kappa shape index (κ1) is 19.2. The number of nitrogens with zero attached hydrogens (tertiary/aromatic N) is 3. The zero-order valence-electron chi connectivity index (χ0n) is 15.8. The molecule has 3 aromatic heterocycles. The van der Waals surface area contributed by atoms with Gasteiger partial charge in [-0.15, -0.1) is 21.5 Å². The van der Waals surface area contributed by atoms with Crippen molar-refractivity contribution in [3.8, 4) is 0 Å². The second-order valence-electron chi connectivity index (χ2n) is 7.47. The van der Waals surface area contributed by atoms with Crippen molar-refractivity contribution in [3.63, 3.8) is 0 Å². The predicted octanol–water partition coefficient (Wildman–Crippen LogP) is 3.85. The van der Waals surface area contributed by atoms with Crippen LogP contribution >= 0.6 is 34.4 Å². The summed E-state index contributed by atoms with van der Waals surface area (Å²) in [6.45, 7) is 0. The summed E-state index contributed by atoms with van der Waals surface area (Å²) >= 11 is 4.73. The third kappa shape index (κ3) is 4.24. The van der Waals surface area contributed by atoms with E-state index >= 15 is 0 Å². The molecule has 7 nitrogen and oxygen atoms in total. The van der Waals surface area contributed by atoms with Crippen molar-refractivity contribution >= 4 is 55.7 Å². The fourth-order valence-corrected chi connectivity index (χ4v) is 6.59. The summed E-state index contributed by atoms with van der Waals surface area (Å²) in [5, 5.41) is 13.4. The van der Waals surface area contributed by atoms with E-state index in [1.165, 1.54) is 41.0 Å². The number of fused-ring (bicyclic) bond motifs is 3. The van der Waals surface area contributed by atoms with Crippen LogP contribution in [-0.2, 0) is 23.4 Å². The molecule has 0 bridgehead atoms. The molecule has 1 fully saturated rings. The Morgan fingerprint density at radius 2 is 2.07 bits per heavy atom. The highest BCUT2D eigenvalue weighted by Crippen LogP contribution is 2.42. The number of aromatic nitrogens is 4. The molecule has 2 N–H and O–H groups in total. The van der Waals surface area contributed by atoms with E-state index in [4.69, 9.17) is 0 Å². The number of H-pyrrole nitrogens is 1. The van der Waals surface area contributed by atoms with Crippen molar-refractivity contribution in [1.29, 1.82) is 0 Å². The zero-order valence-corrected chi connectivity index (χ0v) is 18.3. The van der Waals surface area contributed by atoms with Gasteiger partial charge in [0.25, 0.3) is 5.56 Å². The molecule has 0 saturated heterocycles. The molecule has 2 aliphatic rings. The third-order valence-electron chi connectivity index (χ3n) is 5.20. The minimum absolute atomic E-state index is 0.0227. The van der Waals surface area contributed by atoms with Crippen LogP contribution < -0.4 is 10.9 Å². The molecule has 3 heterocycles. The molecule has 0 unspecified atom stereocenters. The number of carbonyl (C=O) groups excluding carboxylic acids is 1. The Morgan fingerprint density at radius 1 is 1.21 bits per heavy atom. The van der Waals surface area contributed by atoms with E-state index in [-0.39, 0.29) is 11.5 Å². The highest BCUT2D eigenvalue weighted by molar-refractivity contribution is 7.98. The second kappa shape index (κ2) is 8.16. The smallest absolute Gasteiger partial charge is 0.259 e. The molecule has 152 valence electrons. The quantitative estimate of drug-likeness (QED) is 0.534. The van der Waals surface area contributed by atoms with Gasteiger partial charge in [-0.1, -0.05) is 11.3 Å². The van der Waals surface area contributed by atoms with E-state index in [1.807, 2.05) is 0 Å². The Labute approximate surface area is 179 Å². The maximum Gasteiger partial charge on any atom is 0.259 e. The molecule has 0 radical (unpaired) electrons. The minimum atomic E-state index is -0.0566. The minimum Gasteiger partial charge on any atom is -0.309 e. The third-order valence-corrected chi connectivity index (χ3v) is 8.36. The van der Waals surface area contributed by atoms with Crippen molar-refractivity contribution in [2.45, 2.75) is 56.6 Å². The number of nitrogens with one attached hydrogen (secondary N) is 2. The predicted molar refractivity (Wildman–Crippen MR) is 118 cm³/mol. The molecule has 0 aliphatic heterocycles. The number of rotatable bonds is 7. The molecule has 1 saturated carbocycles. The Morgan fingerprint density at radius 3 is 2.93 bits per heavy atom. The van der Waals surface area contributed by atoms with Crippen LogP contribution in [0.1, 0.15) is 59.3 Å². The van der Waals surface area contributed by atoms with Gasteiger partial charge in [0, 0.05) is 23.0 Å². The summed E-state index contributed by atoms with van der Waals surface area (Å²) in [6.07, 6.45) is 7.14. The Bertz CT molecular complexity index is 1110. The van der Waals surface area contributed by atoms with Gasteiger partial charge in [0.15, 0.2) is 0 Å². The van der Waals surface area contributed by atoms with Crippen molar-refractivity contribution in [1.82, 2.24) is 20.2 Å². The number of aromatic amines is 1. The highest BCUT2D eigenvalue weighted by Gasteiger charge is 2.27.